The SMILES string of the molecule is CN[C@@H](Cc1ccc(C(=O)c2ccccc2)cc1)C(=O)OC. The summed E-state index contributed by atoms with van der Waals surface area (Å²) in [5.74, 6) is -0.308. The van der Waals surface area contributed by atoms with Crippen LogP contribution in [0.5, 0.6) is 0 Å². The molecule has 0 unspecified atom stereocenters. The largest absolute Gasteiger partial charge is 0.468 e. The van der Waals surface area contributed by atoms with Crippen molar-refractivity contribution in [3.05, 3.63) is 71.3 Å². The van der Waals surface area contributed by atoms with Gasteiger partial charge in [-0.25, -0.2) is 0 Å². The van der Waals surface area contributed by atoms with Crippen LogP contribution in [0.3, 0.4) is 0 Å². The monoisotopic (exact) mass is 297 g/mol. The molecular formula is C18H19NO3. The van der Waals surface area contributed by atoms with Gasteiger partial charge in [-0.1, -0.05) is 54.6 Å². The highest BCUT2D eigenvalue weighted by Gasteiger charge is 2.17. The Balaban J connectivity index is 2.10. The number of benzene rings is 2. The third-order valence-electron chi connectivity index (χ3n) is 3.53. The molecule has 0 aliphatic heterocycles. The van der Waals surface area contributed by atoms with Crippen LogP contribution in [-0.4, -0.2) is 32.0 Å². The van der Waals surface area contributed by atoms with Crippen molar-refractivity contribution in [1.82, 2.24) is 5.32 Å². The maximum atomic E-state index is 12.3. The molecule has 0 bridgehead atoms. The second-order valence-corrected chi connectivity index (χ2v) is 4.96. The summed E-state index contributed by atoms with van der Waals surface area (Å²) in [7, 11) is 3.09. The Bertz CT molecular complexity index is 635. The highest BCUT2D eigenvalue weighted by atomic mass is 16.5. The molecule has 0 aromatic heterocycles. The number of likely N-dealkylation sites (N-methyl/N-ethyl adjacent to an activating group) is 1. The molecule has 1 atom stereocenters. The number of rotatable bonds is 6. The highest BCUT2D eigenvalue weighted by molar-refractivity contribution is 6.08. The van der Waals surface area contributed by atoms with E-state index in [-0.39, 0.29) is 17.8 Å². The predicted octanol–water partition coefficient (Wildman–Crippen LogP) is 2.22. The fourth-order valence-electron chi connectivity index (χ4n) is 2.23. The quantitative estimate of drug-likeness (QED) is 0.656. The van der Waals surface area contributed by atoms with E-state index >= 15 is 0 Å². The van der Waals surface area contributed by atoms with E-state index in [1.54, 1.807) is 31.3 Å². The van der Waals surface area contributed by atoms with Crippen LogP contribution < -0.4 is 5.32 Å². The van der Waals surface area contributed by atoms with Crippen LogP contribution in [0.15, 0.2) is 54.6 Å². The molecule has 2 aromatic carbocycles. The fraction of sp³-hybridized carbons (Fsp3) is 0.222. The summed E-state index contributed by atoms with van der Waals surface area (Å²) in [4.78, 5) is 23.9. The van der Waals surface area contributed by atoms with Crippen molar-refractivity contribution in [2.24, 2.45) is 0 Å². The van der Waals surface area contributed by atoms with Gasteiger partial charge >= 0.3 is 5.97 Å². The Labute approximate surface area is 130 Å². The van der Waals surface area contributed by atoms with Crippen molar-refractivity contribution >= 4 is 11.8 Å². The van der Waals surface area contributed by atoms with Crippen LogP contribution in [0.25, 0.3) is 0 Å². The Morgan fingerprint density at radius 3 is 2.14 bits per heavy atom. The summed E-state index contributed by atoms with van der Waals surface area (Å²) in [6.07, 6.45) is 0.517. The van der Waals surface area contributed by atoms with E-state index in [2.05, 4.69) is 5.32 Å². The van der Waals surface area contributed by atoms with Gasteiger partial charge in [0.15, 0.2) is 5.78 Å². The Morgan fingerprint density at radius 2 is 1.59 bits per heavy atom. The molecule has 0 amide bonds. The average Bonchev–Trinajstić information content (AvgIpc) is 2.59. The molecule has 2 aromatic rings. The van der Waals surface area contributed by atoms with Gasteiger partial charge in [-0.3, -0.25) is 9.59 Å². The van der Waals surface area contributed by atoms with Crippen LogP contribution in [0, 0.1) is 0 Å². The van der Waals surface area contributed by atoms with Crippen molar-refractivity contribution in [3.63, 3.8) is 0 Å². The number of hydrogen-bond donors (Lipinski definition) is 1. The molecule has 0 heterocycles. The third-order valence-corrected chi connectivity index (χ3v) is 3.53. The first-order chi connectivity index (χ1) is 10.7. The molecule has 1 N–H and O–H groups in total. The minimum Gasteiger partial charge on any atom is -0.468 e. The predicted molar refractivity (Wildman–Crippen MR) is 84.9 cm³/mol. The topological polar surface area (TPSA) is 55.4 Å². The van der Waals surface area contributed by atoms with Crippen molar-refractivity contribution in [2.75, 3.05) is 14.2 Å². The Kier molecular flexibility index (Phi) is 5.44. The number of hydrogen-bond acceptors (Lipinski definition) is 4. The zero-order valence-corrected chi connectivity index (χ0v) is 12.7. The summed E-state index contributed by atoms with van der Waals surface area (Å²) >= 11 is 0. The maximum Gasteiger partial charge on any atom is 0.323 e. The van der Waals surface area contributed by atoms with E-state index in [0.717, 1.165) is 5.56 Å². The molecule has 0 aliphatic rings. The number of ketones is 1. The molecule has 22 heavy (non-hydrogen) atoms. The number of esters is 1. The van der Waals surface area contributed by atoms with Crippen LogP contribution in [0.2, 0.25) is 0 Å². The molecular weight excluding hydrogens is 278 g/mol. The van der Waals surface area contributed by atoms with E-state index in [0.29, 0.717) is 17.5 Å². The van der Waals surface area contributed by atoms with Crippen LogP contribution in [0.4, 0.5) is 0 Å². The molecule has 0 saturated heterocycles. The normalized spacial score (nSPS) is 11.7. The van der Waals surface area contributed by atoms with Crippen LogP contribution in [0.1, 0.15) is 21.5 Å². The molecule has 4 heteroatoms. The lowest BCUT2D eigenvalue weighted by molar-refractivity contribution is -0.142. The minimum atomic E-state index is -0.388. The van der Waals surface area contributed by atoms with Crippen molar-refractivity contribution in [3.8, 4) is 0 Å². The zero-order chi connectivity index (χ0) is 15.9. The van der Waals surface area contributed by atoms with Gasteiger partial charge in [-0.15, -0.1) is 0 Å². The second-order valence-electron chi connectivity index (χ2n) is 4.96. The second kappa shape index (κ2) is 7.52. The lowest BCUT2D eigenvalue weighted by Gasteiger charge is -2.13. The van der Waals surface area contributed by atoms with Gasteiger partial charge in [-0.2, -0.15) is 0 Å². The lowest BCUT2D eigenvalue weighted by Crippen LogP contribution is -2.36. The number of ether oxygens (including phenoxy) is 1. The molecule has 4 nitrogen and oxygen atoms in total. The van der Waals surface area contributed by atoms with Crippen LogP contribution >= 0.6 is 0 Å². The summed E-state index contributed by atoms with van der Waals surface area (Å²) in [5, 5.41) is 2.92. The molecule has 0 saturated carbocycles. The molecule has 0 radical (unpaired) electrons. The van der Waals surface area contributed by atoms with Gasteiger partial charge < -0.3 is 10.1 Å². The van der Waals surface area contributed by atoms with Crippen molar-refractivity contribution < 1.29 is 14.3 Å². The van der Waals surface area contributed by atoms with Gasteiger partial charge in [0.25, 0.3) is 0 Å². The zero-order valence-electron chi connectivity index (χ0n) is 12.7. The lowest BCUT2D eigenvalue weighted by atomic mass is 10.00. The van der Waals surface area contributed by atoms with E-state index in [4.69, 9.17) is 4.74 Å². The maximum absolute atomic E-state index is 12.3. The summed E-state index contributed by atoms with van der Waals surface area (Å²) in [6, 6.07) is 16.1. The molecule has 114 valence electrons. The summed E-state index contributed by atoms with van der Waals surface area (Å²) in [5.41, 5.74) is 2.27. The van der Waals surface area contributed by atoms with Crippen LogP contribution in [-0.2, 0) is 16.0 Å². The molecule has 0 fully saturated rings. The number of carbonyl (C=O) groups excluding carboxylic acids is 2. The van der Waals surface area contributed by atoms with Gasteiger partial charge in [0, 0.05) is 11.1 Å². The van der Waals surface area contributed by atoms with Gasteiger partial charge in [0.05, 0.1) is 7.11 Å². The smallest absolute Gasteiger partial charge is 0.323 e. The first kappa shape index (κ1) is 15.9. The molecule has 0 spiro atoms. The Morgan fingerprint density at radius 1 is 1.00 bits per heavy atom. The molecule has 2 rings (SSSR count). The average molecular weight is 297 g/mol. The van der Waals surface area contributed by atoms with E-state index < -0.39 is 0 Å². The van der Waals surface area contributed by atoms with E-state index in [9.17, 15) is 9.59 Å². The molecule has 0 aliphatic carbocycles. The van der Waals surface area contributed by atoms with E-state index in [1.165, 1.54) is 7.11 Å². The van der Waals surface area contributed by atoms with Gasteiger partial charge in [0.2, 0.25) is 0 Å². The van der Waals surface area contributed by atoms with Gasteiger partial charge in [-0.05, 0) is 19.0 Å². The highest BCUT2D eigenvalue weighted by Crippen LogP contribution is 2.12. The standard InChI is InChI=1S/C18H19NO3/c1-19-16(18(21)22-2)12-13-8-10-15(11-9-13)17(20)14-6-4-3-5-7-14/h3-11,16,19H,12H2,1-2H3/t16-/m0/s1. The van der Waals surface area contributed by atoms with Gasteiger partial charge in [0.1, 0.15) is 6.04 Å². The van der Waals surface area contributed by atoms with Crippen molar-refractivity contribution in [2.45, 2.75) is 12.5 Å². The summed E-state index contributed by atoms with van der Waals surface area (Å²) < 4.78 is 4.74. The minimum absolute atomic E-state index is 0.00900. The fourth-order valence-corrected chi connectivity index (χ4v) is 2.23. The van der Waals surface area contributed by atoms with Crippen molar-refractivity contribution in [1.29, 1.82) is 0 Å². The summed E-state index contributed by atoms with van der Waals surface area (Å²) in [6.45, 7) is 0. The number of methoxy groups -OCH3 is 1. The first-order valence-corrected chi connectivity index (χ1v) is 7.09. The first-order valence-electron chi connectivity index (χ1n) is 7.09. The number of nitrogens with one attached hydrogen (secondary N) is 1. The Hall–Kier alpha value is -2.46. The van der Waals surface area contributed by atoms with E-state index in [1.807, 2.05) is 30.3 Å². The third kappa shape index (κ3) is 3.80. The number of carbonyl (C=O) groups is 2.